The van der Waals surface area contributed by atoms with Crippen molar-refractivity contribution in [2.45, 2.75) is 143 Å². The first-order valence-electron chi connectivity index (χ1n) is 13.2. The first kappa shape index (κ1) is 29.9. The number of carbonyl (C=O) groups is 2. The van der Waals surface area contributed by atoms with Gasteiger partial charge in [0.15, 0.2) is 0 Å². The van der Waals surface area contributed by atoms with Gasteiger partial charge in [0.2, 0.25) is 0 Å². The topological polar surface area (TPSA) is 52.6 Å². The van der Waals surface area contributed by atoms with Crippen molar-refractivity contribution >= 4 is 11.9 Å². The lowest BCUT2D eigenvalue weighted by Crippen LogP contribution is -2.28. The van der Waals surface area contributed by atoms with Crippen LogP contribution in [-0.4, -0.2) is 24.6 Å². The quantitative estimate of drug-likeness (QED) is 0.134. The molecule has 0 N–H and O–H groups in total. The molecule has 0 aliphatic heterocycles. The van der Waals surface area contributed by atoms with E-state index in [0.717, 1.165) is 12.8 Å². The third-order valence-corrected chi connectivity index (χ3v) is 5.85. The van der Waals surface area contributed by atoms with Gasteiger partial charge in [-0.3, -0.25) is 9.59 Å². The fraction of sp³-hybridized carbons (Fsp3) is 0.926. The highest BCUT2D eigenvalue weighted by Crippen LogP contribution is 2.17. The molecule has 0 unspecified atom stereocenters. The SMILES string of the molecule is CCCCCCCCCCCCCCCOC(=O)CCCC(=O)OC(C(C)C)C(C)C. The summed E-state index contributed by atoms with van der Waals surface area (Å²) in [4.78, 5) is 23.8. The van der Waals surface area contributed by atoms with E-state index < -0.39 is 0 Å². The predicted octanol–water partition coefficient (Wildman–Crippen LogP) is 8.01. The molecule has 0 atom stereocenters. The lowest BCUT2D eigenvalue weighted by atomic mass is 9.96. The van der Waals surface area contributed by atoms with Crippen LogP contribution in [0.2, 0.25) is 0 Å². The monoisotopic (exact) mass is 440 g/mol. The highest BCUT2D eigenvalue weighted by Gasteiger charge is 2.21. The summed E-state index contributed by atoms with van der Waals surface area (Å²) in [5.41, 5.74) is 0. The molecule has 0 bridgehead atoms. The fourth-order valence-electron chi connectivity index (χ4n) is 4.01. The van der Waals surface area contributed by atoms with Gasteiger partial charge in [0.05, 0.1) is 6.61 Å². The van der Waals surface area contributed by atoms with Gasteiger partial charge in [-0.1, -0.05) is 112 Å². The van der Waals surface area contributed by atoms with Gasteiger partial charge in [0.25, 0.3) is 0 Å². The van der Waals surface area contributed by atoms with Crippen LogP contribution in [0, 0.1) is 11.8 Å². The van der Waals surface area contributed by atoms with Crippen LogP contribution in [0.15, 0.2) is 0 Å². The van der Waals surface area contributed by atoms with Crippen molar-refractivity contribution in [2.24, 2.45) is 11.8 Å². The van der Waals surface area contributed by atoms with Crippen molar-refractivity contribution in [3.63, 3.8) is 0 Å². The Labute approximate surface area is 193 Å². The summed E-state index contributed by atoms with van der Waals surface area (Å²) in [7, 11) is 0. The van der Waals surface area contributed by atoms with Gasteiger partial charge in [0.1, 0.15) is 6.10 Å². The average molecular weight is 441 g/mol. The third-order valence-electron chi connectivity index (χ3n) is 5.85. The molecule has 0 aromatic heterocycles. The zero-order chi connectivity index (χ0) is 23.3. The maximum Gasteiger partial charge on any atom is 0.306 e. The van der Waals surface area contributed by atoms with Gasteiger partial charge < -0.3 is 9.47 Å². The van der Waals surface area contributed by atoms with Crippen LogP contribution in [-0.2, 0) is 19.1 Å². The number of unbranched alkanes of at least 4 members (excludes halogenated alkanes) is 12. The average Bonchev–Trinajstić information content (AvgIpc) is 2.71. The Hall–Kier alpha value is -1.06. The van der Waals surface area contributed by atoms with Crippen molar-refractivity contribution in [2.75, 3.05) is 6.61 Å². The number of rotatable bonds is 21. The second kappa shape index (κ2) is 20.8. The molecule has 0 amide bonds. The van der Waals surface area contributed by atoms with E-state index in [4.69, 9.17) is 9.47 Å². The van der Waals surface area contributed by atoms with E-state index in [9.17, 15) is 9.59 Å². The molecule has 0 fully saturated rings. The maximum absolute atomic E-state index is 12.0. The highest BCUT2D eigenvalue weighted by molar-refractivity contribution is 5.72. The standard InChI is InChI=1S/C27H52O4/c1-6-7-8-9-10-11-12-13-14-15-16-17-18-22-30-25(28)20-19-21-26(29)31-27(23(2)3)24(4)5/h23-24,27H,6-22H2,1-5H3. The molecule has 0 aromatic carbocycles. The molecule has 0 saturated heterocycles. The van der Waals surface area contributed by atoms with Crippen LogP contribution in [0.4, 0.5) is 0 Å². The van der Waals surface area contributed by atoms with Crippen LogP contribution in [0.1, 0.15) is 137 Å². The minimum absolute atomic E-state index is 0.0602. The first-order chi connectivity index (χ1) is 14.9. The Kier molecular flexibility index (Phi) is 20.1. The summed E-state index contributed by atoms with van der Waals surface area (Å²) in [6, 6.07) is 0. The molecule has 0 spiro atoms. The molecule has 0 aromatic rings. The molecule has 0 saturated carbocycles. The fourth-order valence-corrected chi connectivity index (χ4v) is 4.01. The number of ether oxygens (including phenoxy) is 2. The molecule has 4 heteroatoms. The van der Waals surface area contributed by atoms with E-state index in [1.54, 1.807) is 0 Å². The smallest absolute Gasteiger partial charge is 0.306 e. The van der Waals surface area contributed by atoms with Crippen molar-refractivity contribution in [1.29, 1.82) is 0 Å². The number of carbonyl (C=O) groups excluding carboxylic acids is 2. The minimum Gasteiger partial charge on any atom is -0.466 e. The van der Waals surface area contributed by atoms with Gasteiger partial charge in [-0.2, -0.15) is 0 Å². The minimum atomic E-state index is -0.211. The molecule has 31 heavy (non-hydrogen) atoms. The molecule has 0 heterocycles. The van der Waals surface area contributed by atoms with E-state index in [1.807, 2.05) is 0 Å². The van der Waals surface area contributed by atoms with E-state index in [-0.39, 0.29) is 24.5 Å². The van der Waals surface area contributed by atoms with Crippen molar-refractivity contribution < 1.29 is 19.1 Å². The molecule has 0 rings (SSSR count). The molecule has 0 radical (unpaired) electrons. The van der Waals surface area contributed by atoms with Crippen molar-refractivity contribution in [3.05, 3.63) is 0 Å². The lowest BCUT2D eigenvalue weighted by Gasteiger charge is -2.24. The number of esters is 2. The molecule has 4 nitrogen and oxygen atoms in total. The van der Waals surface area contributed by atoms with Gasteiger partial charge >= 0.3 is 11.9 Å². The molecular weight excluding hydrogens is 388 g/mol. The van der Waals surface area contributed by atoms with Crippen LogP contribution in [0.25, 0.3) is 0 Å². The number of hydrogen-bond acceptors (Lipinski definition) is 4. The van der Waals surface area contributed by atoms with Gasteiger partial charge in [-0.05, 0) is 24.7 Å². The summed E-state index contributed by atoms with van der Waals surface area (Å²) in [5, 5.41) is 0. The zero-order valence-corrected chi connectivity index (χ0v) is 21.4. The van der Waals surface area contributed by atoms with E-state index >= 15 is 0 Å². The largest absolute Gasteiger partial charge is 0.466 e. The van der Waals surface area contributed by atoms with Crippen molar-refractivity contribution in [3.8, 4) is 0 Å². The predicted molar refractivity (Wildman–Crippen MR) is 130 cm³/mol. The summed E-state index contributed by atoms with van der Waals surface area (Å²) in [5.74, 6) is 0.191. The molecular formula is C27H52O4. The normalized spacial score (nSPS) is 11.5. The second-order valence-corrected chi connectivity index (χ2v) is 9.76. The highest BCUT2D eigenvalue weighted by atomic mass is 16.5. The Morgan fingerprint density at radius 2 is 1.00 bits per heavy atom. The Morgan fingerprint density at radius 1 is 0.581 bits per heavy atom. The molecule has 0 aliphatic carbocycles. The van der Waals surface area contributed by atoms with Crippen LogP contribution in [0.5, 0.6) is 0 Å². The van der Waals surface area contributed by atoms with Gasteiger partial charge in [0, 0.05) is 12.8 Å². The van der Waals surface area contributed by atoms with E-state index in [0.29, 0.717) is 31.3 Å². The van der Waals surface area contributed by atoms with E-state index in [1.165, 1.54) is 70.6 Å². The lowest BCUT2D eigenvalue weighted by molar-refractivity contribution is -0.154. The maximum atomic E-state index is 12.0. The van der Waals surface area contributed by atoms with Gasteiger partial charge in [-0.15, -0.1) is 0 Å². The third kappa shape index (κ3) is 19.4. The summed E-state index contributed by atoms with van der Waals surface area (Å²) < 4.78 is 10.8. The zero-order valence-electron chi connectivity index (χ0n) is 21.4. The summed E-state index contributed by atoms with van der Waals surface area (Å²) >= 11 is 0. The van der Waals surface area contributed by atoms with Crippen LogP contribution in [0.3, 0.4) is 0 Å². The summed E-state index contributed by atoms with van der Waals surface area (Å²) in [6.07, 6.45) is 18.0. The Balaban J connectivity index is 3.46. The second-order valence-electron chi connectivity index (χ2n) is 9.76. The summed E-state index contributed by atoms with van der Waals surface area (Å²) in [6.45, 7) is 11.0. The van der Waals surface area contributed by atoms with Crippen molar-refractivity contribution in [1.82, 2.24) is 0 Å². The Morgan fingerprint density at radius 3 is 1.45 bits per heavy atom. The van der Waals surface area contributed by atoms with Crippen LogP contribution >= 0.6 is 0 Å². The Bertz CT molecular complexity index is 423. The van der Waals surface area contributed by atoms with E-state index in [2.05, 4.69) is 34.6 Å². The van der Waals surface area contributed by atoms with Gasteiger partial charge in [-0.25, -0.2) is 0 Å². The molecule has 184 valence electrons. The van der Waals surface area contributed by atoms with Crippen LogP contribution < -0.4 is 0 Å². The molecule has 0 aliphatic rings. The number of hydrogen-bond donors (Lipinski definition) is 0. The first-order valence-corrected chi connectivity index (χ1v) is 13.2.